The summed E-state index contributed by atoms with van der Waals surface area (Å²) in [4.78, 5) is 5.14. The van der Waals surface area contributed by atoms with Gasteiger partial charge in [-0.25, -0.2) is 0 Å². The Morgan fingerprint density at radius 3 is 2.00 bits per heavy atom. The number of hydrogen-bond donors (Lipinski definition) is 0. The number of nitrogens with zero attached hydrogens (tertiary/aromatic N) is 1. The summed E-state index contributed by atoms with van der Waals surface area (Å²) in [5.41, 5.74) is 0. The second kappa shape index (κ2) is 6.62. The van der Waals surface area contributed by atoms with E-state index in [-0.39, 0.29) is 0 Å². The first kappa shape index (κ1) is 9.50. The van der Waals surface area contributed by atoms with Crippen LogP contribution in [0.2, 0.25) is 0 Å². The van der Waals surface area contributed by atoms with Gasteiger partial charge in [-0.2, -0.15) is 0 Å². The molecule has 0 aliphatic heterocycles. The summed E-state index contributed by atoms with van der Waals surface area (Å²) in [6.45, 7) is 4.00. The van der Waals surface area contributed by atoms with Crippen LogP contribution in [-0.2, 0) is 0 Å². The smallest absolute Gasteiger partial charge is 0.0278 e. The standard InChI is InChI=1S/C6H7NS.C2H6/c1-8-6-2-4-7-5-3-6;1-2/h2-5H,1H3;1-2H3. The molecule has 10 heavy (non-hydrogen) atoms. The van der Waals surface area contributed by atoms with E-state index in [2.05, 4.69) is 11.2 Å². The first-order valence-corrected chi connectivity index (χ1v) is 4.60. The average Bonchev–Trinajstić information content (AvgIpc) is 2.10. The summed E-state index contributed by atoms with van der Waals surface area (Å²) in [5.74, 6) is 0. The van der Waals surface area contributed by atoms with E-state index < -0.39 is 0 Å². The molecule has 0 unspecified atom stereocenters. The molecule has 0 fully saturated rings. The highest BCUT2D eigenvalue weighted by Gasteiger charge is 1.81. The minimum Gasteiger partial charge on any atom is -0.265 e. The molecule has 0 N–H and O–H groups in total. The van der Waals surface area contributed by atoms with Gasteiger partial charge < -0.3 is 0 Å². The molecule has 0 radical (unpaired) electrons. The summed E-state index contributed by atoms with van der Waals surface area (Å²) >= 11 is 1.73. The highest BCUT2D eigenvalue weighted by Crippen LogP contribution is 2.10. The predicted molar refractivity (Wildman–Crippen MR) is 47.4 cm³/mol. The molecule has 1 nitrogen and oxygen atoms in total. The van der Waals surface area contributed by atoms with Crippen LogP contribution < -0.4 is 0 Å². The van der Waals surface area contributed by atoms with E-state index in [1.807, 2.05) is 26.0 Å². The molecule has 2 heteroatoms. The van der Waals surface area contributed by atoms with Crippen molar-refractivity contribution in [1.29, 1.82) is 0 Å². The average molecular weight is 155 g/mol. The molecule has 0 aromatic carbocycles. The molecule has 0 amide bonds. The molecule has 0 saturated heterocycles. The molecule has 0 spiro atoms. The Hall–Kier alpha value is -0.500. The highest BCUT2D eigenvalue weighted by atomic mass is 32.2. The molecular formula is C8H13NS. The second-order valence-electron chi connectivity index (χ2n) is 1.39. The number of hydrogen-bond acceptors (Lipinski definition) is 2. The highest BCUT2D eigenvalue weighted by molar-refractivity contribution is 7.98. The maximum absolute atomic E-state index is 3.88. The molecule has 0 aliphatic carbocycles. The summed E-state index contributed by atoms with van der Waals surface area (Å²) in [5, 5.41) is 0. The normalized spacial score (nSPS) is 7.90. The van der Waals surface area contributed by atoms with E-state index in [1.165, 1.54) is 4.90 Å². The van der Waals surface area contributed by atoms with Crippen molar-refractivity contribution in [2.24, 2.45) is 0 Å². The molecule has 1 aromatic rings. The molecule has 1 aromatic heterocycles. The minimum atomic E-state index is 1.26. The lowest BCUT2D eigenvalue weighted by Gasteiger charge is -1.88. The molecule has 1 rings (SSSR count). The van der Waals surface area contributed by atoms with Gasteiger partial charge in [0.05, 0.1) is 0 Å². The van der Waals surface area contributed by atoms with Gasteiger partial charge in [0.1, 0.15) is 0 Å². The van der Waals surface area contributed by atoms with E-state index >= 15 is 0 Å². The Labute approximate surface area is 66.9 Å². The van der Waals surface area contributed by atoms with Gasteiger partial charge in [0.25, 0.3) is 0 Å². The van der Waals surface area contributed by atoms with Crippen LogP contribution in [-0.4, -0.2) is 11.2 Å². The van der Waals surface area contributed by atoms with Crippen LogP contribution in [0.25, 0.3) is 0 Å². The molecule has 56 valence electrons. The fourth-order valence-electron chi connectivity index (χ4n) is 0.474. The Bertz CT molecular complexity index is 151. The second-order valence-corrected chi connectivity index (χ2v) is 2.27. The molecule has 1 heterocycles. The van der Waals surface area contributed by atoms with Crippen molar-refractivity contribution in [3.05, 3.63) is 24.5 Å². The zero-order valence-corrected chi connectivity index (χ0v) is 7.48. The van der Waals surface area contributed by atoms with E-state index in [4.69, 9.17) is 0 Å². The number of rotatable bonds is 1. The van der Waals surface area contributed by atoms with Crippen molar-refractivity contribution in [2.45, 2.75) is 18.7 Å². The fraction of sp³-hybridized carbons (Fsp3) is 0.375. The van der Waals surface area contributed by atoms with Crippen LogP contribution in [0.5, 0.6) is 0 Å². The van der Waals surface area contributed by atoms with Crippen molar-refractivity contribution in [3.63, 3.8) is 0 Å². The van der Waals surface area contributed by atoms with Gasteiger partial charge in [-0.15, -0.1) is 11.8 Å². The minimum absolute atomic E-state index is 1.26. The van der Waals surface area contributed by atoms with Crippen LogP contribution >= 0.6 is 11.8 Å². The third-order valence-electron chi connectivity index (χ3n) is 0.885. The number of pyridine rings is 1. The van der Waals surface area contributed by atoms with Gasteiger partial charge in [-0.3, -0.25) is 4.98 Å². The number of aromatic nitrogens is 1. The van der Waals surface area contributed by atoms with Crippen LogP contribution in [0, 0.1) is 0 Å². The monoisotopic (exact) mass is 155 g/mol. The number of thioether (sulfide) groups is 1. The van der Waals surface area contributed by atoms with E-state index in [9.17, 15) is 0 Å². The first-order valence-electron chi connectivity index (χ1n) is 3.37. The van der Waals surface area contributed by atoms with Gasteiger partial charge in [-0.05, 0) is 18.4 Å². The van der Waals surface area contributed by atoms with Gasteiger partial charge in [0.15, 0.2) is 0 Å². The van der Waals surface area contributed by atoms with Crippen molar-refractivity contribution in [1.82, 2.24) is 4.98 Å². The quantitative estimate of drug-likeness (QED) is 0.578. The maximum atomic E-state index is 3.88. The molecule has 0 atom stereocenters. The Morgan fingerprint density at radius 2 is 1.70 bits per heavy atom. The molecule has 0 bridgehead atoms. The summed E-state index contributed by atoms with van der Waals surface area (Å²) in [7, 11) is 0. The molecule has 0 saturated carbocycles. The Kier molecular flexibility index (Phi) is 6.29. The molecular weight excluding hydrogens is 142 g/mol. The zero-order valence-electron chi connectivity index (χ0n) is 6.66. The van der Waals surface area contributed by atoms with Crippen LogP contribution in [0.15, 0.2) is 29.4 Å². The Morgan fingerprint density at radius 1 is 1.20 bits per heavy atom. The lowest BCUT2D eigenvalue weighted by Crippen LogP contribution is -1.68. The van der Waals surface area contributed by atoms with E-state index in [0.29, 0.717) is 0 Å². The lowest BCUT2D eigenvalue weighted by atomic mass is 10.5. The van der Waals surface area contributed by atoms with Gasteiger partial charge in [-0.1, -0.05) is 13.8 Å². The third-order valence-corrected chi connectivity index (χ3v) is 1.63. The van der Waals surface area contributed by atoms with Crippen LogP contribution in [0.3, 0.4) is 0 Å². The van der Waals surface area contributed by atoms with E-state index in [0.717, 1.165) is 0 Å². The predicted octanol–water partition coefficient (Wildman–Crippen LogP) is 2.83. The van der Waals surface area contributed by atoms with Gasteiger partial charge >= 0.3 is 0 Å². The fourth-order valence-corrected chi connectivity index (χ4v) is 0.868. The largest absolute Gasteiger partial charge is 0.265 e. The summed E-state index contributed by atoms with van der Waals surface area (Å²) in [6.07, 6.45) is 5.65. The van der Waals surface area contributed by atoms with Crippen LogP contribution in [0.4, 0.5) is 0 Å². The summed E-state index contributed by atoms with van der Waals surface area (Å²) < 4.78 is 0. The third kappa shape index (κ3) is 3.51. The van der Waals surface area contributed by atoms with Crippen molar-refractivity contribution < 1.29 is 0 Å². The van der Waals surface area contributed by atoms with Gasteiger partial charge in [0, 0.05) is 17.3 Å². The van der Waals surface area contributed by atoms with Crippen LogP contribution in [0.1, 0.15) is 13.8 Å². The maximum Gasteiger partial charge on any atom is 0.0278 e. The lowest BCUT2D eigenvalue weighted by molar-refractivity contribution is 1.27. The zero-order chi connectivity index (χ0) is 7.82. The topological polar surface area (TPSA) is 12.9 Å². The first-order chi connectivity index (χ1) is 4.93. The van der Waals surface area contributed by atoms with Gasteiger partial charge in [0.2, 0.25) is 0 Å². The van der Waals surface area contributed by atoms with E-state index in [1.54, 1.807) is 24.2 Å². The van der Waals surface area contributed by atoms with Crippen molar-refractivity contribution in [3.8, 4) is 0 Å². The Balaban J connectivity index is 0.000000371. The SMILES string of the molecule is CC.CSc1ccncc1. The van der Waals surface area contributed by atoms with Crippen molar-refractivity contribution >= 4 is 11.8 Å². The van der Waals surface area contributed by atoms with Crippen molar-refractivity contribution in [2.75, 3.05) is 6.26 Å². The summed E-state index contributed by atoms with van der Waals surface area (Å²) in [6, 6.07) is 3.98. The molecule has 0 aliphatic rings.